The Hall–Kier alpha value is -1.33. The zero-order valence-corrected chi connectivity index (χ0v) is 16.1. The third-order valence-electron chi connectivity index (χ3n) is 5.30. The maximum Gasteiger partial charge on any atom is 0.416 e. The highest BCUT2D eigenvalue weighted by atomic mass is 19.4. The van der Waals surface area contributed by atoms with Gasteiger partial charge in [-0.3, -0.25) is 4.90 Å². The maximum atomic E-state index is 12.8. The first-order valence-corrected chi connectivity index (χ1v) is 9.24. The lowest BCUT2D eigenvalue weighted by molar-refractivity contribution is -0.137. The number of aliphatic hydroxyl groups is 1. The standard InChI is InChI=1S/C21H30F3NO/c1-15(2)12-19(25-11-5-6-18(25)14-26)13-20(3,4)16-7-9-17(10-8-16)21(22,23)24/h7-10,12,18-19,26H,5-6,11,13-14H2,1-4H3/t18-,19?/m0/s1. The average Bonchev–Trinajstić information content (AvgIpc) is 3.01. The number of hydrogen-bond acceptors (Lipinski definition) is 2. The van der Waals surface area contributed by atoms with Gasteiger partial charge in [-0.25, -0.2) is 0 Å². The first kappa shape index (κ1) is 21.0. The zero-order valence-electron chi connectivity index (χ0n) is 16.1. The Labute approximate surface area is 154 Å². The predicted octanol–water partition coefficient (Wildman–Crippen LogP) is 5.16. The van der Waals surface area contributed by atoms with E-state index in [2.05, 4.69) is 38.7 Å². The van der Waals surface area contributed by atoms with Crippen molar-refractivity contribution in [3.8, 4) is 0 Å². The Balaban J connectivity index is 2.24. The largest absolute Gasteiger partial charge is 0.416 e. The van der Waals surface area contributed by atoms with Crippen molar-refractivity contribution in [1.29, 1.82) is 0 Å². The lowest BCUT2D eigenvalue weighted by atomic mass is 9.78. The zero-order chi connectivity index (χ0) is 19.5. The fourth-order valence-electron chi connectivity index (χ4n) is 3.90. The van der Waals surface area contributed by atoms with E-state index in [1.165, 1.54) is 17.7 Å². The Morgan fingerprint density at radius 2 is 1.77 bits per heavy atom. The minimum atomic E-state index is -4.31. The molecule has 0 amide bonds. The summed E-state index contributed by atoms with van der Waals surface area (Å²) in [6, 6.07) is 5.85. The van der Waals surface area contributed by atoms with Gasteiger partial charge in [-0.15, -0.1) is 0 Å². The van der Waals surface area contributed by atoms with Gasteiger partial charge in [-0.1, -0.05) is 37.6 Å². The number of rotatable bonds is 6. The van der Waals surface area contributed by atoms with E-state index in [0.717, 1.165) is 31.4 Å². The second-order valence-corrected chi connectivity index (χ2v) is 8.19. The molecule has 0 bridgehead atoms. The van der Waals surface area contributed by atoms with E-state index in [1.54, 1.807) is 12.1 Å². The molecule has 2 nitrogen and oxygen atoms in total. The van der Waals surface area contributed by atoms with Crippen LogP contribution in [0.15, 0.2) is 35.9 Å². The lowest BCUT2D eigenvalue weighted by Crippen LogP contribution is -2.43. The van der Waals surface area contributed by atoms with Gasteiger partial charge in [0, 0.05) is 12.1 Å². The van der Waals surface area contributed by atoms with E-state index in [-0.39, 0.29) is 24.1 Å². The molecule has 5 heteroatoms. The summed E-state index contributed by atoms with van der Waals surface area (Å²) < 4.78 is 38.5. The molecule has 1 aromatic carbocycles. The number of hydrogen-bond donors (Lipinski definition) is 1. The molecule has 146 valence electrons. The van der Waals surface area contributed by atoms with Crippen LogP contribution in [0.3, 0.4) is 0 Å². The lowest BCUT2D eigenvalue weighted by Gasteiger charge is -2.37. The van der Waals surface area contributed by atoms with Crippen LogP contribution in [0.2, 0.25) is 0 Å². The Morgan fingerprint density at radius 3 is 2.27 bits per heavy atom. The van der Waals surface area contributed by atoms with Gasteiger partial charge in [0.2, 0.25) is 0 Å². The molecule has 1 unspecified atom stereocenters. The van der Waals surface area contributed by atoms with E-state index in [9.17, 15) is 18.3 Å². The van der Waals surface area contributed by atoms with Gasteiger partial charge >= 0.3 is 6.18 Å². The highest BCUT2D eigenvalue weighted by molar-refractivity contribution is 5.30. The number of likely N-dealkylation sites (tertiary alicyclic amines) is 1. The molecule has 1 heterocycles. The Kier molecular flexibility index (Phi) is 6.56. The van der Waals surface area contributed by atoms with Gasteiger partial charge in [0.1, 0.15) is 0 Å². The van der Waals surface area contributed by atoms with Crippen molar-refractivity contribution in [3.63, 3.8) is 0 Å². The molecule has 2 rings (SSSR count). The van der Waals surface area contributed by atoms with Crippen molar-refractivity contribution < 1.29 is 18.3 Å². The van der Waals surface area contributed by atoms with Gasteiger partial charge in [0.05, 0.1) is 12.2 Å². The van der Waals surface area contributed by atoms with Crippen molar-refractivity contribution in [2.24, 2.45) is 0 Å². The van der Waals surface area contributed by atoms with Crippen LogP contribution in [0.25, 0.3) is 0 Å². The maximum absolute atomic E-state index is 12.8. The summed E-state index contributed by atoms with van der Waals surface area (Å²) in [5.41, 5.74) is 1.22. The van der Waals surface area contributed by atoms with Gasteiger partial charge in [-0.05, 0) is 62.8 Å². The van der Waals surface area contributed by atoms with Crippen LogP contribution in [0, 0.1) is 0 Å². The number of aliphatic hydroxyl groups excluding tert-OH is 1. The molecule has 1 aliphatic rings. The molecule has 1 aliphatic heterocycles. The number of benzene rings is 1. The van der Waals surface area contributed by atoms with Crippen molar-refractivity contribution in [2.75, 3.05) is 13.2 Å². The van der Waals surface area contributed by atoms with Crippen LogP contribution in [0.5, 0.6) is 0 Å². The van der Waals surface area contributed by atoms with Gasteiger partial charge in [0.25, 0.3) is 0 Å². The number of allylic oxidation sites excluding steroid dienone is 1. The minimum absolute atomic E-state index is 0.147. The van der Waals surface area contributed by atoms with Crippen LogP contribution in [-0.4, -0.2) is 35.2 Å². The summed E-state index contributed by atoms with van der Waals surface area (Å²) in [7, 11) is 0. The minimum Gasteiger partial charge on any atom is -0.395 e. The van der Waals surface area contributed by atoms with Crippen LogP contribution >= 0.6 is 0 Å². The number of nitrogens with zero attached hydrogens (tertiary/aromatic N) is 1. The van der Waals surface area contributed by atoms with E-state index < -0.39 is 11.7 Å². The summed E-state index contributed by atoms with van der Waals surface area (Å²) in [6.45, 7) is 9.36. The molecule has 0 saturated carbocycles. The molecule has 1 N–H and O–H groups in total. The topological polar surface area (TPSA) is 23.5 Å². The predicted molar refractivity (Wildman–Crippen MR) is 99.1 cm³/mol. The second-order valence-electron chi connectivity index (χ2n) is 8.19. The summed E-state index contributed by atoms with van der Waals surface area (Å²) in [5, 5.41) is 9.67. The van der Waals surface area contributed by atoms with E-state index in [4.69, 9.17) is 0 Å². The van der Waals surface area contributed by atoms with Crippen LogP contribution in [0.4, 0.5) is 13.2 Å². The second kappa shape index (κ2) is 8.13. The van der Waals surface area contributed by atoms with Crippen LogP contribution in [-0.2, 0) is 11.6 Å². The van der Waals surface area contributed by atoms with Crippen LogP contribution < -0.4 is 0 Å². The van der Waals surface area contributed by atoms with Crippen molar-refractivity contribution in [1.82, 2.24) is 4.90 Å². The van der Waals surface area contributed by atoms with Gasteiger partial charge in [-0.2, -0.15) is 13.2 Å². The smallest absolute Gasteiger partial charge is 0.395 e. The monoisotopic (exact) mass is 369 g/mol. The highest BCUT2D eigenvalue weighted by Crippen LogP contribution is 2.35. The summed E-state index contributed by atoms with van der Waals surface area (Å²) >= 11 is 0. The molecule has 1 aromatic rings. The molecule has 0 spiro atoms. The fourth-order valence-corrected chi connectivity index (χ4v) is 3.90. The van der Waals surface area contributed by atoms with E-state index in [1.807, 2.05) is 0 Å². The van der Waals surface area contributed by atoms with Gasteiger partial charge in [0.15, 0.2) is 0 Å². The number of alkyl halides is 3. The first-order valence-electron chi connectivity index (χ1n) is 9.24. The van der Waals surface area contributed by atoms with E-state index >= 15 is 0 Å². The van der Waals surface area contributed by atoms with Crippen molar-refractivity contribution >= 4 is 0 Å². The van der Waals surface area contributed by atoms with Gasteiger partial charge < -0.3 is 5.11 Å². The molecule has 0 aromatic heterocycles. The third kappa shape index (κ3) is 5.10. The molecule has 26 heavy (non-hydrogen) atoms. The summed E-state index contributed by atoms with van der Waals surface area (Å²) in [4.78, 5) is 2.35. The SMILES string of the molecule is CC(C)=CC(CC(C)(C)c1ccc(C(F)(F)F)cc1)N1CCC[C@H]1CO. The molecule has 1 fully saturated rings. The quantitative estimate of drug-likeness (QED) is 0.700. The average molecular weight is 369 g/mol. The van der Waals surface area contributed by atoms with Crippen molar-refractivity contribution in [2.45, 2.75) is 70.6 Å². The molecule has 0 radical (unpaired) electrons. The first-order chi connectivity index (χ1) is 12.0. The molecule has 2 atom stereocenters. The third-order valence-corrected chi connectivity index (χ3v) is 5.30. The Bertz CT molecular complexity index is 615. The van der Waals surface area contributed by atoms with Crippen molar-refractivity contribution in [3.05, 3.63) is 47.0 Å². The van der Waals surface area contributed by atoms with E-state index in [0.29, 0.717) is 0 Å². The highest BCUT2D eigenvalue weighted by Gasteiger charge is 2.34. The summed E-state index contributed by atoms with van der Waals surface area (Å²) in [6.07, 6.45) is 0.764. The molecule has 0 aliphatic carbocycles. The molecule has 1 saturated heterocycles. The fraction of sp³-hybridized carbons (Fsp3) is 0.619. The summed E-state index contributed by atoms with van der Waals surface area (Å²) in [5.74, 6) is 0. The molecular formula is C21H30F3NO. The molecular weight excluding hydrogens is 339 g/mol. The van der Waals surface area contributed by atoms with Crippen LogP contribution in [0.1, 0.15) is 58.1 Å². The number of halogens is 3. The normalized spacial score (nSPS) is 20.2. The Morgan fingerprint density at radius 1 is 1.19 bits per heavy atom.